The van der Waals surface area contributed by atoms with Gasteiger partial charge in [-0.15, -0.1) is 0 Å². The van der Waals surface area contributed by atoms with E-state index >= 15 is 0 Å². The summed E-state index contributed by atoms with van der Waals surface area (Å²) in [4.78, 5) is 1.93. The maximum absolute atomic E-state index is 12.0. The molecule has 1 fully saturated rings. The minimum absolute atomic E-state index is 0.264. The minimum Gasteiger partial charge on any atom is -0.173 e. The van der Waals surface area contributed by atoms with Gasteiger partial charge in [-0.1, -0.05) is 0 Å². The Labute approximate surface area is 64.2 Å². The Balaban J connectivity index is 2.39. The van der Waals surface area contributed by atoms with E-state index in [4.69, 9.17) is 0 Å². The molecule has 65 valence electrons. The zero-order valence-electron chi connectivity index (χ0n) is 6.49. The highest BCUT2D eigenvalue weighted by Gasteiger charge is 2.42. The van der Waals surface area contributed by atoms with Gasteiger partial charge in [0.05, 0.1) is 5.92 Å². The number of rotatable bonds is 0. The lowest BCUT2D eigenvalue weighted by Gasteiger charge is -2.24. The van der Waals surface area contributed by atoms with E-state index in [1.54, 1.807) is 0 Å². The van der Waals surface area contributed by atoms with Gasteiger partial charge in [0.1, 0.15) is 20.1 Å². The summed E-state index contributed by atoms with van der Waals surface area (Å²) in [6.07, 6.45) is -3.44. The quantitative estimate of drug-likeness (QED) is 0.484. The molecule has 0 N–H and O–H groups in total. The van der Waals surface area contributed by atoms with Crippen LogP contribution < -0.4 is 4.90 Å². The Kier molecular flexibility index (Phi) is 2.42. The van der Waals surface area contributed by atoms with E-state index in [1.165, 1.54) is 0 Å². The van der Waals surface area contributed by atoms with E-state index in [9.17, 15) is 13.2 Å². The van der Waals surface area contributed by atoms with E-state index < -0.39 is 12.1 Å². The highest BCUT2D eigenvalue weighted by molar-refractivity contribution is 4.77. The van der Waals surface area contributed by atoms with Crippen molar-refractivity contribution in [2.75, 3.05) is 20.1 Å². The highest BCUT2D eigenvalue weighted by Crippen LogP contribution is 2.33. The monoisotopic (exact) mass is 167 g/mol. The van der Waals surface area contributed by atoms with Crippen LogP contribution in [0.25, 0.3) is 0 Å². The Morgan fingerprint density at radius 2 is 1.64 bits per heavy atom. The summed E-state index contributed by atoms with van der Waals surface area (Å²) in [5.41, 5.74) is 0. The van der Waals surface area contributed by atoms with E-state index in [-0.39, 0.29) is 12.8 Å². The van der Waals surface area contributed by atoms with Crippen LogP contribution in [0, 0.1) is 5.92 Å². The van der Waals surface area contributed by atoms with Crippen LogP contribution in [0.3, 0.4) is 0 Å². The maximum atomic E-state index is 12.0. The SMILES string of the molecule is C[N+]1CCC(C(F)(F)F)CC1. The predicted octanol–water partition coefficient (Wildman–Crippen LogP) is 1.73. The van der Waals surface area contributed by atoms with Crippen LogP contribution in [0.4, 0.5) is 13.2 Å². The molecule has 1 aliphatic rings. The molecular weight excluding hydrogens is 155 g/mol. The zero-order valence-corrected chi connectivity index (χ0v) is 6.49. The van der Waals surface area contributed by atoms with Gasteiger partial charge in [-0.3, -0.25) is 0 Å². The molecule has 1 radical (unpaired) electrons. The molecule has 0 aromatic carbocycles. The number of piperidine rings is 1. The van der Waals surface area contributed by atoms with Crippen LogP contribution in [0.1, 0.15) is 12.8 Å². The Hall–Kier alpha value is -0.250. The molecule has 0 aliphatic carbocycles. The molecule has 1 heterocycles. The number of halogens is 3. The van der Waals surface area contributed by atoms with Gasteiger partial charge >= 0.3 is 6.18 Å². The summed E-state index contributed by atoms with van der Waals surface area (Å²) in [6, 6.07) is 0. The zero-order chi connectivity index (χ0) is 8.48. The summed E-state index contributed by atoms with van der Waals surface area (Å²) >= 11 is 0. The molecule has 0 aromatic rings. The van der Waals surface area contributed by atoms with Crippen molar-refractivity contribution in [1.82, 2.24) is 4.90 Å². The van der Waals surface area contributed by atoms with Gasteiger partial charge in [-0.25, -0.2) is 0 Å². The Morgan fingerprint density at radius 1 is 1.18 bits per heavy atom. The summed E-state index contributed by atoms with van der Waals surface area (Å²) < 4.78 is 36.1. The Morgan fingerprint density at radius 3 is 2.00 bits per heavy atom. The van der Waals surface area contributed by atoms with Crippen LogP contribution in [0.5, 0.6) is 0 Å². The number of alkyl halides is 3. The molecule has 11 heavy (non-hydrogen) atoms. The van der Waals surface area contributed by atoms with Crippen molar-refractivity contribution >= 4 is 0 Å². The van der Waals surface area contributed by atoms with Crippen molar-refractivity contribution in [2.24, 2.45) is 5.92 Å². The van der Waals surface area contributed by atoms with Crippen LogP contribution in [-0.2, 0) is 0 Å². The lowest BCUT2D eigenvalue weighted by atomic mass is 9.97. The summed E-state index contributed by atoms with van der Waals surface area (Å²) in [5, 5.41) is 0. The number of nitrogens with zero attached hydrogens (tertiary/aromatic N) is 1. The van der Waals surface area contributed by atoms with Crippen LogP contribution in [0.2, 0.25) is 0 Å². The van der Waals surface area contributed by atoms with Crippen molar-refractivity contribution in [3.05, 3.63) is 0 Å². The predicted molar refractivity (Wildman–Crippen MR) is 36.6 cm³/mol. The fraction of sp³-hybridized carbons (Fsp3) is 1.00. The number of hydrogen-bond donors (Lipinski definition) is 0. The lowest BCUT2D eigenvalue weighted by Crippen LogP contribution is -2.40. The lowest BCUT2D eigenvalue weighted by molar-refractivity contribution is -0.181. The molecule has 0 spiro atoms. The number of likely N-dealkylation sites (tertiary alicyclic amines) is 1. The first-order chi connectivity index (χ1) is 5.00. The van der Waals surface area contributed by atoms with Crippen molar-refractivity contribution in [2.45, 2.75) is 19.0 Å². The third-order valence-electron chi connectivity index (χ3n) is 2.18. The van der Waals surface area contributed by atoms with Crippen LogP contribution in [0.15, 0.2) is 0 Å². The van der Waals surface area contributed by atoms with Gasteiger partial charge in [0.2, 0.25) is 0 Å². The molecule has 1 rings (SSSR count). The van der Waals surface area contributed by atoms with Gasteiger partial charge in [0, 0.05) is 12.8 Å². The number of hydrogen-bond acceptors (Lipinski definition) is 1. The molecule has 1 aliphatic heterocycles. The Bertz CT molecular complexity index is 124. The molecular formula is C7H12F3N+. The van der Waals surface area contributed by atoms with E-state index in [0.29, 0.717) is 13.1 Å². The second-order valence-corrected chi connectivity index (χ2v) is 3.12. The highest BCUT2D eigenvalue weighted by atomic mass is 19.4. The molecule has 0 bridgehead atoms. The smallest absolute Gasteiger partial charge is 0.173 e. The normalized spacial score (nSPS) is 24.0. The first-order valence-corrected chi connectivity index (χ1v) is 3.75. The van der Waals surface area contributed by atoms with Gasteiger partial charge < -0.3 is 0 Å². The van der Waals surface area contributed by atoms with E-state index in [2.05, 4.69) is 0 Å². The first-order valence-electron chi connectivity index (χ1n) is 3.75. The molecule has 4 heteroatoms. The van der Waals surface area contributed by atoms with Gasteiger partial charge in [0.15, 0.2) is 0 Å². The van der Waals surface area contributed by atoms with Gasteiger partial charge in [0.25, 0.3) is 0 Å². The first kappa shape index (κ1) is 8.84. The minimum atomic E-state index is -3.97. The second kappa shape index (κ2) is 3.01. The van der Waals surface area contributed by atoms with Crippen molar-refractivity contribution < 1.29 is 13.2 Å². The van der Waals surface area contributed by atoms with Crippen molar-refractivity contribution in [3.8, 4) is 0 Å². The fourth-order valence-electron chi connectivity index (χ4n) is 1.34. The summed E-state index contributed by atoms with van der Waals surface area (Å²) in [6.45, 7) is 1.15. The third-order valence-corrected chi connectivity index (χ3v) is 2.18. The fourth-order valence-corrected chi connectivity index (χ4v) is 1.34. The third kappa shape index (κ3) is 2.36. The molecule has 0 atom stereocenters. The summed E-state index contributed by atoms with van der Waals surface area (Å²) in [5.74, 6) is -1.06. The molecule has 0 aromatic heterocycles. The van der Waals surface area contributed by atoms with E-state index in [1.807, 2.05) is 11.9 Å². The molecule has 0 saturated carbocycles. The van der Waals surface area contributed by atoms with Gasteiger partial charge in [-0.05, 0) is 0 Å². The molecule has 0 amide bonds. The topological polar surface area (TPSA) is 5.90 Å². The molecule has 1 nitrogen and oxygen atoms in total. The second-order valence-electron chi connectivity index (χ2n) is 3.12. The molecule has 0 unspecified atom stereocenters. The maximum Gasteiger partial charge on any atom is 0.392 e. The van der Waals surface area contributed by atoms with Crippen molar-refractivity contribution in [1.29, 1.82) is 0 Å². The molecule has 1 saturated heterocycles. The average Bonchev–Trinajstić information content (AvgIpc) is 1.86. The summed E-state index contributed by atoms with van der Waals surface area (Å²) in [7, 11) is 1.85. The van der Waals surface area contributed by atoms with Crippen molar-refractivity contribution in [3.63, 3.8) is 0 Å². The standard InChI is InChI=1S/C7H12F3N/c1-11-4-2-6(3-5-11)7(8,9)10/h6H,2-5H2,1H3/q+1. The largest absolute Gasteiger partial charge is 0.392 e. The van der Waals surface area contributed by atoms with Crippen LogP contribution in [-0.4, -0.2) is 26.3 Å². The van der Waals surface area contributed by atoms with E-state index in [0.717, 1.165) is 0 Å². The van der Waals surface area contributed by atoms with Gasteiger partial charge in [-0.2, -0.15) is 18.1 Å². The average molecular weight is 167 g/mol. The van der Waals surface area contributed by atoms with Crippen LogP contribution >= 0.6 is 0 Å².